The smallest absolute Gasteiger partial charge is 0.417 e. The molecule has 0 saturated heterocycles. The molecule has 0 aliphatic heterocycles. The normalized spacial score (nSPS) is 12.4. The van der Waals surface area contributed by atoms with Crippen molar-refractivity contribution >= 4 is 5.97 Å². The Morgan fingerprint density at radius 1 is 1.05 bits per heavy atom. The van der Waals surface area contributed by atoms with Gasteiger partial charge >= 0.3 is 18.3 Å². The summed E-state index contributed by atoms with van der Waals surface area (Å²) in [4.78, 5) is 11.4. The number of hydrogen-bond donors (Lipinski definition) is 0. The van der Waals surface area contributed by atoms with Gasteiger partial charge in [0.05, 0.1) is 24.2 Å². The lowest BCUT2D eigenvalue weighted by atomic mass is 9.94. The van der Waals surface area contributed by atoms with Gasteiger partial charge < -0.3 is 4.74 Å². The van der Waals surface area contributed by atoms with Crippen LogP contribution < -0.4 is 0 Å². The molecule has 0 N–H and O–H groups in total. The molecule has 0 spiro atoms. The number of rotatable bonds is 4. The van der Waals surface area contributed by atoms with Gasteiger partial charge in [0, 0.05) is 0 Å². The first-order valence-electron chi connectivity index (χ1n) is 6.46. The minimum Gasteiger partial charge on any atom is -0.466 e. The highest BCUT2D eigenvalue weighted by atomic mass is 19.4. The maximum atomic E-state index is 13.1. The zero-order chi connectivity index (χ0) is 17.1. The number of ether oxygens (including phenoxy) is 1. The van der Waals surface area contributed by atoms with Crippen molar-refractivity contribution in [2.24, 2.45) is 0 Å². The van der Waals surface area contributed by atoms with E-state index in [4.69, 9.17) is 0 Å². The number of carbonyl (C=O) groups is 1. The third-order valence-corrected chi connectivity index (χ3v) is 2.92. The van der Waals surface area contributed by atoms with Gasteiger partial charge in [0.15, 0.2) is 0 Å². The predicted molar refractivity (Wildman–Crippen MR) is 66.2 cm³/mol. The van der Waals surface area contributed by atoms with Crippen LogP contribution in [0.1, 0.15) is 36.1 Å². The van der Waals surface area contributed by atoms with E-state index < -0.39 is 41.4 Å². The number of benzene rings is 1. The lowest BCUT2D eigenvalue weighted by molar-refractivity contribution is -0.162. The van der Waals surface area contributed by atoms with Gasteiger partial charge in [-0.15, -0.1) is 0 Å². The van der Waals surface area contributed by atoms with E-state index in [0.717, 1.165) is 6.07 Å². The fourth-order valence-corrected chi connectivity index (χ4v) is 2.04. The number of alkyl halides is 6. The summed E-state index contributed by atoms with van der Waals surface area (Å²) in [5, 5.41) is 0. The minimum atomic E-state index is -5.22. The van der Waals surface area contributed by atoms with Crippen LogP contribution in [0.25, 0.3) is 0 Å². The Balaban J connectivity index is 3.54. The first-order chi connectivity index (χ1) is 10.0. The van der Waals surface area contributed by atoms with Crippen LogP contribution >= 0.6 is 0 Å². The molecule has 0 heterocycles. The molecule has 0 unspecified atom stereocenters. The third-order valence-electron chi connectivity index (χ3n) is 2.92. The summed E-state index contributed by atoms with van der Waals surface area (Å²) < 4.78 is 82.5. The van der Waals surface area contributed by atoms with Gasteiger partial charge in [0.2, 0.25) is 0 Å². The Labute approximate surface area is 123 Å². The molecule has 1 aromatic carbocycles. The van der Waals surface area contributed by atoms with Gasteiger partial charge in [0.1, 0.15) is 0 Å². The predicted octanol–water partition coefficient (Wildman–Crippen LogP) is 4.39. The molecular formula is C14H14F6O2. The Morgan fingerprint density at radius 2 is 1.64 bits per heavy atom. The number of carbonyl (C=O) groups excluding carboxylic acids is 1. The summed E-state index contributed by atoms with van der Waals surface area (Å²) in [6.07, 6.45) is -11.1. The van der Waals surface area contributed by atoms with E-state index in [0.29, 0.717) is 6.07 Å². The fraction of sp³-hybridized carbons (Fsp3) is 0.500. The molecule has 1 rings (SSSR count). The summed E-state index contributed by atoms with van der Waals surface area (Å²) in [6, 6.07) is 1.44. The summed E-state index contributed by atoms with van der Waals surface area (Å²) in [5.41, 5.74) is -4.26. The van der Waals surface area contributed by atoms with Crippen LogP contribution in [0.3, 0.4) is 0 Å². The molecule has 0 aliphatic rings. The van der Waals surface area contributed by atoms with Crippen LogP contribution in [0.15, 0.2) is 12.1 Å². The highest BCUT2D eigenvalue weighted by Gasteiger charge is 2.45. The van der Waals surface area contributed by atoms with E-state index in [1.165, 1.54) is 13.8 Å². The quantitative estimate of drug-likeness (QED) is 0.605. The van der Waals surface area contributed by atoms with Crippen molar-refractivity contribution in [2.45, 2.75) is 39.0 Å². The summed E-state index contributed by atoms with van der Waals surface area (Å²) in [5.74, 6) is -1.01. The molecule has 0 saturated carbocycles. The zero-order valence-corrected chi connectivity index (χ0v) is 11.9. The topological polar surface area (TPSA) is 26.3 Å². The fourth-order valence-electron chi connectivity index (χ4n) is 2.04. The van der Waals surface area contributed by atoms with Crippen LogP contribution in [0, 0.1) is 0 Å². The van der Waals surface area contributed by atoms with Gasteiger partial charge in [-0.1, -0.05) is 13.0 Å². The molecule has 0 amide bonds. The molecule has 0 bridgehead atoms. The summed E-state index contributed by atoms with van der Waals surface area (Å²) in [7, 11) is 0. The lowest BCUT2D eigenvalue weighted by Gasteiger charge is -2.20. The van der Waals surface area contributed by atoms with Gasteiger partial charge in [-0.05, 0) is 30.5 Å². The van der Waals surface area contributed by atoms with Crippen molar-refractivity contribution in [1.29, 1.82) is 0 Å². The minimum absolute atomic E-state index is 0.0691. The standard InChI is InChI=1S/C14H14F6O2/c1-3-8-5-9(7-11(21)22-4-2)12(14(18,19)20)10(6-8)13(15,16)17/h5-6H,3-4,7H2,1-2H3. The summed E-state index contributed by atoms with van der Waals surface area (Å²) in [6.45, 7) is 2.89. The van der Waals surface area contributed by atoms with Crippen LogP contribution in [0.5, 0.6) is 0 Å². The van der Waals surface area contributed by atoms with Crippen molar-refractivity contribution in [3.8, 4) is 0 Å². The van der Waals surface area contributed by atoms with Crippen LogP contribution in [0.4, 0.5) is 26.3 Å². The number of aryl methyl sites for hydroxylation is 1. The summed E-state index contributed by atoms with van der Waals surface area (Å²) >= 11 is 0. The average Bonchev–Trinajstić information content (AvgIpc) is 2.35. The number of esters is 1. The van der Waals surface area contributed by atoms with Gasteiger partial charge in [-0.25, -0.2) is 0 Å². The second kappa shape index (κ2) is 6.58. The van der Waals surface area contributed by atoms with E-state index in [1.54, 1.807) is 0 Å². The van der Waals surface area contributed by atoms with E-state index >= 15 is 0 Å². The first-order valence-corrected chi connectivity index (χ1v) is 6.46. The lowest BCUT2D eigenvalue weighted by Crippen LogP contribution is -2.21. The monoisotopic (exact) mass is 328 g/mol. The van der Waals surface area contributed by atoms with Crippen molar-refractivity contribution in [2.75, 3.05) is 6.61 Å². The van der Waals surface area contributed by atoms with E-state index in [1.807, 2.05) is 0 Å². The highest BCUT2D eigenvalue weighted by molar-refractivity contribution is 5.73. The van der Waals surface area contributed by atoms with Crippen LogP contribution in [-0.4, -0.2) is 12.6 Å². The van der Waals surface area contributed by atoms with Crippen molar-refractivity contribution < 1.29 is 35.9 Å². The molecule has 1 aromatic rings. The highest BCUT2D eigenvalue weighted by Crippen LogP contribution is 2.43. The molecule has 2 nitrogen and oxygen atoms in total. The van der Waals surface area contributed by atoms with Gasteiger partial charge in [0.25, 0.3) is 0 Å². The maximum absolute atomic E-state index is 13.1. The van der Waals surface area contributed by atoms with Crippen LogP contribution in [0.2, 0.25) is 0 Å². The SMILES string of the molecule is CCOC(=O)Cc1cc(CC)cc(C(F)(F)F)c1C(F)(F)F. The Hall–Kier alpha value is -1.73. The Bertz CT molecular complexity index is 545. The Morgan fingerprint density at radius 3 is 2.05 bits per heavy atom. The maximum Gasteiger partial charge on any atom is 0.417 e. The van der Waals surface area contributed by atoms with Crippen LogP contribution in [-0.2, 0) is 34.7 Å². The second-order valence-corrected chi connectivity index (χ2v) is 4.51. The molecule has 0 aliphatic carbocycles. The molecule has 124 valence electrons. The molecule has 0 radical (unpaired) electrons. The number of hydrogen-bond acceptors (Lipinski definition) is 2. The zero-order valence-electron chi connectivity index (χ0n) is 11.9. The van der Waals surface area contributed by atoms with Crippen molar-refractivity contribution in [1.82, 2.24) is 0 Å². The van der Waals surface area contributed by atoms with Crippen molar-refractivity contribution in [3.05, 3.63) is 34.4 Å². The van der Waals surface area contributed by atoms with Gasteiger partial charge in [-0.2, -0.15) is 26.3 Å². The largest absolute Gasteiger partial charge is 0.466 e. The molecule has 0 fully saturated rings. The van der Waals surface area contributed by atoms with E-state index in [9.17, 15) is 31.1 Å². The second-order valence-electron chi connectivity index (χ2n) is 4.51. The van der Waals surface area contributed by atoms with Crippen molar-refractivity contribution in [3.63, 3.8) is 0 Å². The first kappa shape index (κ1) is 18.3. The molecule has 0 atom stereocenters. The van der Waals surface area contributed by atoms with Gasteiger partial charge in [-0.3, -0.25) is 4.79 Å². The number of halogens is 6. The molecule has 8 heteroatoms. The third kappa shape index (κ3) is 4.38. The van der Waals surface area contributed by atoms with E-state index in [-0.39, 0.29) is 18.6 Å². The molecule has 0 aromatic heterocycles. The average molecular weight is 328 g/mol. The Kier molecular flexibility index (Phi) is 5.48. The van der Waals surface area contributed by atoms with E-state index in [2.05, 4.69) is 4.74 Å². The molecule has 22 heavy (non-hydrogen) atoms. The molecular weight excluding hydrogens is 314 g/mol.